The summed E-state index contributed by atoms with van der Waals surface area (Å²) in [4.78, 5) is 4.59. The lowest BCUT2D eigenvalue weighted by Crippen LogP contribution is -2.26. The Morgan fingerprint density at radius 3 is 2.12 bits per heavy atom. The number of halogens is 3. The van der Waals surface area contributed by atoms with Gasteiger partial charge in [-0.2, -0.15) is 13.2 Å². The Balaban J connectivity index is 3.33. The highest BCUT2D eigenvalue weighted by atomic mass is 32.2. The van der Waals surface area contributed by atoms with Gasteiger partial charge in [-0.15, -0.1) is 0 Å². The zero-order valence-electron chi connectivity index (χ0n) is 13.8. The first-order valence-electron chi connectivity index (χ1n) is 7.30. The molecule has 0 fully saturated rings. The van der Waals surface area contributed by atoms with Crippen LogP contribution in [-0.4, -0.2) is 32.3 Å². The Labute approximate surface area is 140 Å². The van der Waals surface area contributed by atoms with Crippen LogP contribution in [0.3, 0.4) is 0 Å². The third-order valence-corrected chi connectivity index (χ3v) is 4.07. The second-order valence-corrected chi connectivity index (χ2v) is 6.21. The summed E-state index contributed by atoms with van der Waals surface area (Å²) in [6, 6.07) is 2.57. The maximum absolute atomic E-state index is 13.3. The molecule has 9 heteroatoms. The van der Waals surface area contributed by atoms with E-state index in [4.69, 9.17) is 4.74 Å². The monoisotopic (exact) mass is 367 g/mol. The van der Waals surface area contributed by atoms with Crippen LogP contribution in [0.4, 0.5) is 13.2 Å². The van der Waals surface area contributed by atoms with Gasteiger partial charge in [0.05, 0.1) is 6.61 Å². The van der Waals surface area contributed by atoms with Crippen molar-refractivity contribution in [2.24, 2.45) is 5.16 Å². The molecule has 0 heterocycles. The quantitative estimate of drug-likeness (QED) is 0.456. The SMILES string of the molecule is CCOc1c(C)cc(C(=NOC(CC)[SH](=O)=O)C(F)(F)F)cc1C. The Morgan fingerprint density at radius 1 is 1.21 bits per heavy atom. The smallest absolute Gasteiger partial charge is 0.437 e. The fraction of sp³-hybridized carbons (Fsp3) is 0.533. The van der Waals surface area contributed by atoms with E-state index in [1.54, 1.807) is 20.8 Å². The highest BCUT2D eigenvalue weighted by Crippen LogP contribution is 2.29. The van der Waals surface area contributed by atoms with Gasteiger partial charge < -0.3 is 9.57 Å². The molecule has 0 aliphatic heterocycles. The summed E-state index contributed by atoms with van der Waals surface area (Å²) in [7, 11) is -3.04. The predicted octanol–water partition coefficient (Wildman–Crippen LogP) is 3.33. The summed E-state index contributed by atoms with van der Waals surface area (Å²) in [5.41, 5.74) is -1.86. The number of nitrogens with zero attached hydrogens (tertiary/aromatic N) is 1. The van der Waals surface area contributed by atoms with Crippen LogP contribution in [0, 0.1) is 13.8 Å². The lowest BCUT2D eigenvalue weighted by atomic mass is 10.0. The van der Waals surface area contributed by atoms with Crippen LogP contribution in [0.2, 0.25) is 0 Å². The maximum Gasteiger partial charge on any atom is 0.437 e. The highest BCUT2D eigenvalue weighted by molar-refractivity contribution is 7.72. The molecule has 0 aromatic heterocycles. The molecule has 1 aromatic carbocycles. The van der Waals surface area contributed by atoms with Crippen molar-refractivity contribution in [3.63, 3.8) is 0 Å². The summed E-state index contributed by atoms with van der Waals surface area (Å²) >= 11 is 0. The van der Waals surface area contributed by atoms with Crippen molar-refractivity contribution >= 4 is 16.4 Å². The summed E-state index contributed by atoms with van der Waals surface area (Å²) in [5, 5.41) is 3.08. The van der Waals surface area contributed by atoms with E-state index in [-0.39, 0.29) is 12.0 Å². The number of hydrogen-bond donors (Lipinski definition) is 1. The topological polar surface area (TPSA) is 65.0 Å². The van der Waals surface area contributed by atoms with Crippen molar-refractivity contribution in [3.05, 3.63) is 28.8 Å². The number of ether oxygens (including phenoxy) is 1. The molecule has 5 nitrogen and oxygen atoms in total. The third kappa shape index (κ3) is 5.12. The first kappa shape index (κ1) is 20.3. The number of aryl methyl sites for hydroxylation is 2. The van der Waals surface area contributed by atoms with Crippen LogP contribution in [-0.2, 0) is 15.5 Å². The Kier molecular flexibility index (Phi) is 7.07. The highest BCUT2D eigenvalue weighted by Gasteiger charge is 2.38. The van der Waals surface area contributed by atoms with Gasteiger partial charge in [0, 0.05) is 5.56 Å². The first-order chi connectivity index (χ1) is 11.1. The van der Waals surface area contributed by atoms with Gasteiger partial charge in [0.2, 0.25) is 5.44 Å². The van der Waals surface area contributed by atoms with E-state index in [1.165, 1.54) is 19.1 Å². The zero-order valence-corrected chi connectivity index (χ0v) is 14.7. The minimum atomic E-state index is -4.79. The summed E-state index contributed by atoms with van der Waals surface area (Å²) in [6.07, 6.45) is -4.80. The normalized spacial score (nSPS) is 13.9. The van der Waals surface area contributed by atoms with Gasteiger partial charge in [0.15, 0.2) is 16.4 Å². The van der Waals surface area contributed by atoms with Gasteiger partial charge >= 0.3 is 6.18 Å². The summed E-state index contributed by atoms with van der Waals surface area (Å²) in [5.74, 6) is 0.512. The number of alkyl halides is 3. The average molecular weight is 367 g/mol. The summed E-state index contributed by atoms with van der Waals surface area (Å²) < 4.78 is 67.0. The lowest BCUT2D eigenvalue weighted by molar-refractivity contribution is -0.0620. The molecule has 24 heavy (non-hydrogen) atoms. The van der Waals surface area contributed by atoms with Crippen LogP contribution >= 0.6 is 0 Å². The second-order valence-electron chi connectivity index (χ2n) is 5.06. The van der Waals surface area contributed by atoms with Crippen LogP contribution in [0.5, 0.6) is 5.75 Å². The maximum atomic E-state index is 13.3. The number of rotatable bonds is 7. The molecule has 0 N–H and O–H groups in total. The molecule has 0 aliphatic rings. The molecule has 1 unspecified atom stereocenters. The van der Waals surface area contributed by atoms with Crippen LogP contribution < -0.4 is 4.74 Å². The number of benzene rings is 1. The molecule has 0 aliphatic carbocycles. The van der Waals surface area contributed by atoms with Crippen molar-refractivity contribution in [1.29, 1.82) is 0 Å². The van der Waals surface area contributed by atoms with Gasteiger partial charge in [-0.3, -0.25) is 0 Å². The molecule has 0 spiro atoms. The van der Waals surface area contributed by atoms with Crippen molar-refractivity contribution < 1.29 is 31.2 Å². The minimum absolute atomic E-state index is 0.00528. The van der Waals surface area contributed by atoms with Gasteiger partial charge in [-0.25, -0.2) is 8.42 Å². The van der Waals surface area contributed by atoms with E-state index >= 15 is 0 Å². The third-order valence-electron chi connectivity index (χ3n) is 3.14. The van der Waals surface area contributed by atoms with Crippen LogP contribution in [0.1, 0.15) is 37.0 Å². The molecule has 0 saturated carbocycles. The molecule has 0 saturated heterocycles. The van der Waals surface area contributed by atoms with Crippen LogP contribution in [0.15, 0.2) is 17.3 Å². The first-order valence-corrected chi connectivity index (χ1v) is 8.55. The predicted molar refractivity (Wildman–Crippen MR) is 85.2 cm³/mol. The van der Waals surface area contributed by atoms with E-state index in [9.17, 15) is 21.6 Å². The van der Waals surface area contributed by atoms with Gasteiger partial charge in [0.25, 0.3) is 0 Å². The largest absolute Gasteiger partial charge is 0.493 e. The van der Waals surface area contributed by atoms with Crippen LogP contribution in [0.25, 0.3) is 0 Å². The van der Waals surface area contributed by atoms with E-state index in [0.717, 1.165) is 0 Å². The van der Waals surface area contributed by atoms with E-state index in [0.29, 0.717) is 23.5 Å². The molecule has 0 bridgehead atoms. The molecule has 0 radical (unpaired) electrons. The van der Waals surface area contributed by atoms with Gasteiger partial charge in [-0.05, 0) is 50.5 Å². The summed E-state index contributed by atoms with van der Waals surface area (Å²) in [6.45, 7) is 6.89. The molecular weight excluding hydrogens is 347 g/mol. The number of thiol groups is 1. The second kappa shape index (κ2) is 8.36. The zero-order chi connectivity index (χ0) is 18.5. The van der Waals surface area contributed by atoms with Crippen molar-refractivity contribution in [2.45, 2.75) is 45.7 Å². The number of hydrogen-bond acceptors (Lipinski definition) is 5. The fourth-order valence-electron chi connectivity index (χ4n) is 2.10. The molecule has 1 rings (SSSR count). The number of oxime groups is 1. The Hall–Kier alpha value is -1.77. The molecule has 136 valence electrons. The minimum Gasteiger partial charge on any atom is -0.493 e. The van der Waals surface area contributed by atoms with Gasteiger partial charge in [-0.1, -0.05) is 12.1 Å². The fourth-order valence-corrected chi connectivity index (χ4v) is 2.53. The van der Waals surface area contributed by atoms with Gasteiger partial charge in [0.1, 0.15) is 5.75 Å². The van der Waals surface area contributed by atoms with E-state index in [2.05, 4.69) is 9.99 Å². The lowest BCUT2D eigenvalue weighted by Gasteiger charge is -2.16. The van der Waals surface area contributed by atoms with Crippen molar-refractivity contribution in [1.82, 2.24) is 0 Å². The standard InChI is InChI=1S/C15H20F3NO4S/c1-5-12(24(20)21)23-19-14(15(16,17)18)11-7-9(3)13(22-6-2)10(4)8-11/h7-8,12,24H,5-6H2,1-4H3. The van der Waals surface area contributed by atoms with E-state index < -0.39 is 28.0 Å². The van der Waals surface area contributed by atoms with Crippen molar-refractivity contribution in [3.8, 4) is 5.75 Å². The van der Waals surface area contributed by atoms with E-state index in [1.807, 2.05) is 0 Å². The molecule has 1 atom stereocenters. The Bertz CT molecular complexity index is 653. The molecule has 0 amide bonds. The van der Waals surface area contributed by atoms with Crippen molar-refractivity contribution in [2.75, 3.05) is 6.61 Å². The average Bonchev–Trinajstić information content (AvgIpc) is 2.45. The Morgan fingerprint density at radius 2 is 1.75 bits per heavy atom. The molecular formula is C15H20F3NO4S. The molecule has 1 aromatic rings.